The SMILES string of the molecule is C1=C(c2cn[nH]c2-c2ccccn2)c2ccccc2CN1. The van der Waals surface area contributed by atoms with Crippen molar-refractivity contribution in [1.82, 2.24) is 20.5 Å². The minimum absolute atomic E-state index is 0.858. The number of benzene rings is 1. The van der Waals surface area contributed by atoms with Gasteiger partial charge in [0.25, 0.3) is 0 Å². The van der Waals surface area contributed by atoms with Crippen molar-refractivity contribution in [3.05, 3.63) is 77.7 Å². The molecule has 0 radical (unpaired) electrons. The summed E-state index contributed by atoms with van der Waals surface area (Å²) in [6.45, 7) is 0.858. The predicted molar refractivity (Wildman–Crippen MR) is 82.2 cm³/mol. The molecule has 21 heavy (non-hydrogen) atoms. The van der Waals surface area contributed by atoms with Crippen LogP contribution in [0.1, 0.15) is 16.7 Å². The van der Waals surface area contributed by atoms with E-state index in [2.05, 4.69) is 51.0 Å². The highest BCUT2D eigenvalue weighted by Crippen LogP contribution is 2.33. The third-order valence-corrected chi connectivity index (χ3v) is 3.70. The number of fused-ring (bicyclic) bond motifs is 1. The standard InChI is InChI=1S/C17H14N4/c1-2-6-13-12(5-1)9-18-10-14(13)15-11-20-21-17(15)16-7-3-4-8-19-16/h1-8,10-11,18H,9H2,(H,20,21). The lowest BCUT2D eigenvalue weighted by atomic mass is 9.92. The molecule has 102 valence electrons. The smallest absolute Gasteiger partial charge is 0.0913 e. The third kappa shape index (κ3) is 2.01. The van der Waals surface area contributed by atoms with Crippen LogP contribution in [-0.2, 0) is 6.54 Å². The Morgan fingerprint density at radius 2 is 1.86 bits per heavy atom. The second-order valence-corrected chi connectivity index (χ2v) is 4.97. The Hall–Kier alpha value is -2.88. The van der Waals surface area contributed by atoms with E-state index < -0.39 is 0 Å². The Kier molecular flexibility index (Phi) is 2.78. The fraction of sp³-hybridized carbons (Fsp3) is 0.0588. The topological polar surface area (TPSA) is 53.6 Å². The number of H-pyrrole nitrogens is 1. The van der Waals surface area contributed by atoms with Gasteiger partial charge in [0.05, 0.1) is 17.6 Å². The Balaban J connectivity index is 1.86. The van der Waals surface area contributed by atoms with Gasteiger partial charge < -0.3 is 5.32 Å². The summed E-state index contributed by atoms with van der Waals surface area (Å²) in [5, 5.41) is 10.6. The maximum Gasteiger partial charge on any atom is 0.0913 e. The molecule has 4 heteroatoms. The van der Waals surface area contributed by atoms with E-state index in [-0.39, 0.29) is 0 Å². The van der Waals surface area contributed by atoms with Gasteiger partial charge in [-0.2, -0.15) is 5.10 Å². The van der Waals surface area contributed by atoms with Crippen molar-refractivity contribution in [3.8, 4) is 11.4 Å². The van der Waals surface area contributed by atoms with E-state index in [4.69, 9.17) is 0 Å². The minimum atomic E-state index is 0.858. The van der Waals surface area contributed by atoms with E-state index in [1.807, 2.05) is 24.4 Å². The average Bonchev–Trinajstić information content (AvgIpc) is 3.04. The van der Waals surface area contributed by atoms with E-state index in [0.29, 0.717) is 0 Å². The molecule has 0 atom stereocenters. The molecule has 2 N–H and O–H groups in total. The van der Waals surface area contributed by atoms with Crippen LogP contribution in [0.2, 0.25) is 0 Å². The highest BCUT2D eigenvalue weighted by molar-refractivity contribution is 5.87. The van der Waals surface area contributed by atoms with Gasteiger partial charge in [0.2, 0.25) is 0 Å². The summed E-state index contributed by atoms with van der Waals surface area (Å²) in [7, 11) is 0. The Bertz CT molecular complexity index is 802. The quantitative estimate of drug-likeness (QED) is 0.755. The van der Waals surface area contributed by atoms with E-state index in [1.54, 1.807) is 6.20 Å². The van der Waals surface area contributed by atoms with E-state index in [9.17, 15) is 0 Å². The van der Waals surface area contributed by atoms with Gasteiger partial charge in [0, 0.05) is 30.1 Å². The number of nitrogens with zero attached hydrogens (tertiary/aromatic N) is 2. The first-order valence-electron chi connectivity index (χ1n) is 6.90. The lowest BCUT2D eigenvalue weighted by Crippen LogP contribution is -2.14. The minimum Gasteiger partial charge on any atom is -0.386 e. The molecule has 2 aromatic heterocycles. The lowest BCUT2D eigenvalue weighted by molar-refractivity contribution is 0.853. The molecule has 0 saturated heterocycles. The number of aromatic amines is 1. The largest absolute Gasteiger partial charge is 0.386 e. The zero-order valence-electron chi connectivity index (χ0n) is 11.4. The number of nitrogens with one attached hydrogen (secondary N) is 2. The molecule has 3 aromatic rings. The number of rotatable bonds is 2. The molecule has 1 aliphatic heterocycles. The molecule has 1 aromatic carbocycles. The normalized spacial score (nSPS) is 13.2. The van der Waals surface area contributed by atoms with E-state index in [1.165, 1.54) is 11.1 Å². The molecule has 0 aliphatic carbocycles. The summed E-state index contributed by atoms with van der Waals surface area (Å²) in [6.07, 6.45) is 5.71. The number of hydrogen-bond acceptors (Lipinski definition) is 3. The molecule has 4 rings (SSSR count). The fourth-order valence-electron chi connectivity index (χ4n) is 2.70. The lowest BCUT2D eigenvalue weighted by Gasteiger charge is -2.18. The van der Waals surface area contributed by atoms with Crippen molar-refractivity contribution in [2.75, 3.05) is 0 Å². The molecule has 0 saturated carbocycles. The van der Waals surface area contributed by atoms with Gasteiger partial charge in [-0.3, -0.25) is 10.1 Å². The highest BCUT2D eigenvalue weighted by Gasteiger charge is 2.18. The average molecular weight is 274 g/mol. The van der Waals surface area contributed by atoms with Gasteiger partial charge in [-0.25, -0.2) is 0 Å². The summed E-state index contributed by atoms with van der Waals surface area (Å²) < 4.78 is 0. The number of hydrogen-bond donors (Lipinski definition) is 2. The molecular formula is C17H14N4. The first-order chi connectivity index (χ1) is 10.4. The molecule has 0 amide bonds. The van der Waals surface area contributed by atoms with Crippen LogP contribution in [0.3, 0.4) is 0 Å². The monoisotopic (exact) mass is 274 g/mol. The van der Waals surface area contributed by atoms with Crippen LogP contribution < -0.4 is 5.32 Å². The van der Waals surface area contributed by atoms with Crippen LogP contribution in [0.4, 0.5) is 0 Å². The van der Waals surface area contributed by atoms with Crippen molar-refractivity contribution < 1.29 is 0 Å². The molecular weight excluding hydrogens is 260 g/mol. The van der Waals surface area contributed by atoms with Crippen LogP contribution in [0.5, 0.6) is 0 Å². The first-order valence-corrected chi connectivity index (χ1v) is 6.90. The second-order valence-electron chi connectivity index (χ2n) is 4.97. The maximum absolute atomic E-state index is 4.41. The molecule has 0 bridgehead atoms. The first kappa shape index (κ1) is 11.9. The van der Waals surface area contributed by atoms with E-state index >= 15 is 0 Å². The predicted octanol–water partition coefficient (Wildman–Crippen LogP) is 2.96. The van der Waals surface area contributed by atoms with Gasteiger partial charge in [0.1, 0.15) is 0 Å². The summed E-state index contributed by atoms with van der Waals surface area (Å²) in [5.41, 5.74) is 6.59. The van der Waals surface area contributed by atoms with Crippen molar-refractivity contribution in [3.63, 3.8) is 0 Å². The summed E-state index contributed by atoms with van der Waals surface area (Å²) in [5.74, 6) is 0. The summed E-state index contributed by atoms with van der Waals surface area (Å²) in [6, 6.07) is 14.3. The van der Waals surface area contributed by atoms with Crippen molar-refractivity contribution in [2.24, 2.45) is 0 Å². The number of aromatic nitrogens is 3. The molecule has 0 fully saturated rings. The van der Waals surface area contributed by atoms with Gasteiger partial charge >= 0.3 is 0 Å². The van der Waals surface area contributed by atoms with Crippen LogP contribution >= 0.6 is 0 Å². The van der Waals surface area contributed by atoms with Crippen LogP contribution in [0.15, 0.2) is 61.1 Å². The van der Waals surface area contributed by atoms with Crippen LogP contribution in [0.25, 0.3) is 17.0 Å². The van der Waals surface area contributed by atoms with Gasteiger partial charge in [-0.1, -0.05) is 30.3 Å². The van der Waals surface area contributed by atoms with Gasteiger partial charge in [0.15, 0.2) is 0 Å². The fourth-order valence-corrected chi connectivity index (χ4v) is 2.70. The summed E-state index contributed by atoms with van der Waals surface area (Å²) >= 11 is 0. The van der Waals surface area contributed by atoms with Gasteiger partial charge in [-0.15, -0.1) is 0 Å². The molecule has 0 unspecified atom stereocenters. The van der Waals surface area contributed by atoms with Crippen molar-refractivity contribution in [2.45, 2.75) is 6.54 Å². The van der Waals surface area contributed by atoms with Crippen molar-refractivity contribution in [1.29, 1.82) is 0 Å². The highest BCUT2D eigenvalue weighted by atomic mass is 15.1. The zero-order valence-corrected chi connectivity index (χ0v) is 11.4. The third-order valence-electron chi connectivity index (χ3n) is 3.70. The number of pyridine rings is 1. The van der Waals surface area contributed by atoms with Crippen LogP contribution in [0, 0.1) is 0 Å². The molecule has 3 heterocycles. The summed E-state index contributed by atoms with van der Waals surface area (Å²) in [4.78, 5) is 4.41. The zero-order chi connectivity index (χ0) is 14.1. The van der Waals surface area contributed by atoms with Gasteiger partial charge in [-0.05, 0) is 23.3 Å². The molecule has 1 aliphatic rings. The maximum atomic E-state index is 4.41. The Morgan fingerprint density at radius 3 is 2.76 bits per heavy atom. The van der Waals surface area contributed by atoms with Crippen molar-refractivity contribution >= 4 is 5.57 Å². The van der Waals surface area contributed by atoms with E-state index in [0.717, 1.165) is 29.1 Å². The van der Waals surface area contributed by atoms with Crippen LogP contribution in [-0.4, -0.2) is 15.2 Å². The molecule has 4 nitrogen and oxygen atoms in total. The molecule has 0 spiro atoms. The Morgan fingerprint density at radius 1 is 0.952 bits per heavy atom. The second kappa shape index (κ2) is 4.90. The Labute approximate surface area is 122 Å².